The van der Waals surface area contributed by atoms with Gasteiger partial charge in [-0.2, -0.15) is 0 Å². The van der Waals surface area contributed by atoms with E-state index in [4.69, 9.17) is 4.52 Å². The number of aryl methyl sites for hydroxylation is 2. The van der Waals surface area contributed by atoms with Crippen LogP contribution in [0.4, 0.5) is 5.82 Å². The number of hydrogen-bond donors (Lipinski definition) is 1. The second kappa shape index (κ2) is 9.64. The maximum absolute atomic E-state index is 12.5. The van der Waals surface area contributed by atoms with Crippen LogP contribution in [0.25, 0.3) is 11.0 Å². The number of imidazole rings is 1. The van der Waals surface area contributed by atoms with Crippen LogP contribution in [-0.2, 0) is 33.2 Å². The van der Waals surface area contributed by atoms with Crippen LogP contribution >= 0.6 is 0 Å². The maximum Gasteiger partial charge on any atom is 0.242 e. The normalized spacial score (nSPS) is 12.6. The summed E-state index contributed by atoms with van der Waals surface area (Å²) in [5.74, 6) is 1.66. The van der Waals surface area contributed by atoms with Gasteiger partial charge in [0, 0.05) is 45.0 Å². The van der Waals surface area contributed by atoms with Gasteiger partial charge in [-0.25, -0.2) is 17.7 Å². The van der Waals surface area contributed by atoms with Gasteiger partial charge in [0.1, 0.15) is 11.6 Å². The minimum atomic E-state index is -3.55. The lowest BCUT2D eigenvalue weighted by Crippen LogP contribution is -2.22. The smallest absolute Gasteiger partial charge is 0.242 e. The number of carbonyl (C=O) groups is 1. The van der Waals surface area contributed by atoms with Crippen molar-refractivity contribution in [3.05, 3.63) is 35.9 Å². The van der Waals surface area contributed by atoms with E-state index in [-0.39, 0.29) is 22.6 Å². The number of nitrogens with zero attached hydrogens (tertiary/aromatic N) is 4. The Labute approximate surface area is 195 Å². The number of fused-ring (bicyclic) bond motifs is 1. The lowest BCUT2D eigenvalue weighted by Gasteiger charge is -2.12. The fourth-order valence-electron chi connectivity index (χ4n) is 3.41. The highest BCUT2D eigenvalue weighted by molar-refractivity contribution is 7.89. The molecule has 0 saturated heterocycles. The third-order valence-corrected chi connectivity index (χ3v) is 7.22. The molecule has 2 heterocycles. The molecule has 1 amide bonds. The van der Waals surface area contributed by atoms with E-state index in [0.29, 0.717) is 23.5 Å². The van der Waals surface area contributed by atoms with E-state index in [1.807, 2.05) is 20.8 Å². The zero-order valence-electron chi connectivity index (χ0n) is 20.2. The SMILES string of the molecule is CCCCn1c(CCC(=O)Nc2cc(C(C)(C)C)on2)nc2cc(S(=O)(=O)N(C)C)ccc21. The molecule has 1 aromatic carbocycles. The molecule has 0 bridgehead atoms. The molecule has 0 aliphatic heterocycles. The molecule has 10 heteroatoms. The highest BCUT2D eigenvalue weighted by atomic mass is 32.2. The van der Waals surface area contributed by atoms with E-state index in [1.54, 1.807) is 24.3 Å². The molecule has 180 valence electrons. The topological polar surface area (TPSA) is 110 Å². The Balaban J connectivity index is 1.80. The monoisotopic (exact) mass is 475 g/mol. The third kappa shape index (κ3) is 5.62. The van der Waals surface area contributed by atoms with E-state index in [9.17, 15) is 13.2 Å². The number of sulfonamides is 1. The molecule has 3 aromatic rings. The summed E-state index contributed by atoms with van der Waals surface area (Å²) in [6.07, 6.45) is 2.60. The average Bonchev–Trinajstić information content (AvgIpc) is 3.34. The highest BCUT2D eigenvalue weighted by Gasteiger charge is 2.22. The lowest BCUT2D eigenvalue weighted by molar-refractivity contribution is -0.116. The van der Waals surface area contributed by atoms with Gasteiger partial charge in [0.05, 0.1) is 15.9 Å². The summed E-state index contributed by atoms with van der Waals surface area (Å²) < 4.78 is 33.6. The average molecular weight is 476 g/mol. The van der Waals surface area contributed by atoms with Crippen LogP contribution in [0.2, 0.25) is 0 Å². The van der Waals surface area contributed by atoms with Crippen molar-refractivity contribution in [1.82, 2.24) is 19.0 Å². The maximum atomic E-state index is 12.5. The number of hydrogen-bond acceptors (Lipinski definition) is 6. The predicted molar refractivity (Wildman–Crippen MR) is 128 cm³/mol. The van der Waals surface area contributed by atoms with Crippen molar-refractivity contribution < 1.29 is 17.7 Å². The Morgan fingerprint density at radius 2 is 1.94 bits per heavy atom. The molecule has 1 N–H and O–H groups in total. The Kier molecular flexibility index (Phi) is 7.28. The Bertz CT molecular complexity index is 1240. The fourth-order valence-corrected chi connectivity index (χ4v) is 4.33. The number of benzene rings is 1. The second-order valence-electron chi connectivity index (χ2n) is 9.35. The quantitative estimate of drug-likeness (QED) is 0.502. The molecule has 0 radical (unpaired) electrons. The van der Waals surface area contributed by atoms with Gasteiger partial charge in [-0.05, 0) is 24.6 Å². The molecule has 0 atom stereocenters. The summed E-state index contributed by atoms with van der Waals surface area (Å²) in [5.41, 5.74) is 1.28. The molecule has 0 unspecified atom stereocenters. The zero-order chi connectivity index (χ0) is 24.4. The first kappa shape index (κ1) is 24.9. The summed E-state index contributed by atoms with van der Waals surface area (Å²) >= 11 is 0. The minimum Gasteiger partial charge on any atom is -0.359 e. The van der Waals surface area contributed by atoms with Crippen molar-refractivity contribution in [3.63, 3.8) is 0 Å². The van der Waals surface area contributed by atoms with E-state index in [2.05, 4.69) is 26.9 Å². The molecule has 0 fully saturated rings. The van der Waals surface area contributed by atoms with Crippen molar-refractivity contribution in [1.29, 1.82) is 0 Å². The van der Waals surface area contributed by atoms with Gasteiger partial charge >= 0.3 is 0 Å². The molecule has 3 rings (SSSR count). The number of nitrogens with one attached hydrogen (secondary N) is 1. The van der Waals surface area contributed by atoms with Gasteiger partial charge in [-0.3, -0.25) is 4.79 Å². The molecule has 2 aromatic heterocycles. The van der Waals surface area contributed by atoms with Crippen LogP contribution in [0.1, 0.15) is 58.5 Å². The zero-order valence-corrected chi connectivity index (χ0v) is 21.0. The van der Waals surface area contributed by atoms with Crippen molar-refractivity contribution >= 4 is 32.8 Å². The number of amides is 1. The number of carbonyl (C=O) groups excluding carboxylic acids is 1. The Morgan fingerprint density at radius 3 is 2.55 bits per heavy atom. The molecule has 33 heavy (non-hydrogen) atoms. The van der Waals surface area contributed by atoms with Crippen LogP contribution in [0.3, 0.4) is 0 Å². The molecule has 0 aliphatic rings. The van der Waals surface area contributed by atoms with Gasteiger partial charge in [0.25, 0.3) is 0 Å². The molecule has 0 saturated carbocycles. The molecule has 9 nitrogen and oxygen atoms in total. The summed E-state index contributed by atoms with van der Waals surface area (Å²) in [7, 11) is -0.548. The molecule has 0 aliphatic carbocycles. The van der Waals surface area contributed by atoms with Crippen LogP contribution in [0, 0.1) is 0 Å². The predicted octanol–water partition coefficient (Wildman–Crippen LogP) is 3.94. The second-order valence-corrected chi connectivity index (χ2v) is 11.5. The van der Waals surface area contributed by atoms with Gasteiger partial charge in [-0.1, -0.05) is 39.3 Å². The molecular formula is C23H33N5O4S. The van der Waals surface area contributed by atoms with Crippen molar-refractivity contribution in [2.24, 2.45) is 0 Å². The van der Waals surface area contributed by atoms with Crippen molar-refractivity contribution in [2.45, 2.75) is 70.2 Å². The summed E-state index contributed by atoms with van der Waals surface area (Å²) in [6.45, 7) is 8.89. The van der Waals surface area contributed by atoms with Crippen LogP contribution < -0.4 is 5.32 Å². The van der Waals surface area contributed by atoms with Crippen LogP contribution in [0.5, 0.6) is 0 Å². The Hall–Kier alpha value is -2.72. The highest BCUT2D eigenvalue weighted by Crippen LogP contribution is 2.25. The summed E-state index contributed by atoms with van der Waals surface area (Å²) in [6, 6.07) is 6.73. The molecule has 0 spiro atoms. The first-order valence-corrected chi connectivity index (χ1v) is 12.6. The number of aromatic nitrogens is 3. The van der Waals surface area contributed by atoms with Crippen molar-refractivity contribution in [2.75, 3.05) is 19.4 Å². The third-order valence-electron chi connectivity index (χ3n) is 5.41. The van der Waals surface area contributed by atoms with Crippen LogP contribution in [0.15, 0.2) is 33.7 Å². The first-order chi connectivity index (χ1) is 15.4. The van der Waals surface area contributed by atoms with E-state index in [1.165, 1.54) is 18.4 Å². The Morgan fingerprint density at radius 1 is 1.21 bits per heavy atom. The fraction of sp³-hybridized carbons (Fsp3) is 0.522. The number of unbranched alkanes of at least 4 members (excludes halogenated alkanes) is 1. The van der Waals surface area contributed by atoms with Crippen LogP contribution in [-0.4, -0.2) is 47.4 Å². The number of anilines is 1. The molecular weight excluding hydrogens is 442 g/mol. The summed E-state index contributed by atoms with van der Waals surface area (Å²) in [5, 5.41) is 6.71. The van der Waals surface area contributed by atoms with Gasteiger partial charge in [0.2, 0.25) is 15.9 Å². The lowest BCUT2D eigenvalue weighted by atomic mass is 9.93. The van der Waals surface area contributed by atoms with Gasteiger partial charge in [-0.15, -0.1) is 0 Å². The summed E-state index contributed by atoms with van der Waals surface area (Å²) in [4.78, 5) is 17.4. The van der Waals surface area contributed by atoms with Gasteiger partial charge in [0.15, 0.2) is 5.82 Å². The van der Waals surface area contributed by atoms with E-state index >= 15 is 0 Å². The number of rotatable bonds is 9. The largest absolute Gasteiger partial charge is 0.359 e. The van der Waals surface area contributed by atoms with Gasteiger partial charge < -0.3 is 14.4 Å². The van der Waals surface area contributed by atoms with E-state index in [0.717, 1.165) is 30.7 Å². The van der Waals surface area contributed by atoms with Crippen molar-refractivity contribution in [3.8, 4) is 0 Å². The van der Waals surface area contributed by atoms with E-state index < -0.39 is 10.0 Å². The standard InChI is InChI=1S/C23H33N5O4S/c1-7-8-13-28-18-10-9-16(33(30,31)27(5)6)14-17(18)24-21(28)11-12-22(29)25-20-15-19(32-26-20)23(2,3)4/h9-10,14-15H,7-8,11-13H2,1-6H3,(H,25,26,29). The first-order valence-electron chi connectivity index (χ1n) is 11.1. The minimum absolute atomic E-state index is 0.186.